The molecule has 0 radical (unpaired) electrons. The molecule has 136 heavy (non-hydrogen) atoms. The third kappa shape index (κ3) is 66.0. The van der Waals surface area contributed by atoms with E-state index in [0.29, 0.717) is 71.4 Å². The second kappa shape index (κ2) is 74.7. The van der Waals surface area contributed by atoms with Crippen LogP contribution in [0.1, 0.15) is 94.5 Å². The number of nitrogen functional groups attached to an aromatic ring is 1. The van der Waals surface area contributed by atoms with Crippen LogP contribution in [0.25, 0.3) is 0 Å². The maximum atomic E-state index is 12.4. The summed E-state index contributed by atoms with van der Waals surface area (Å²) in [5, 5.41) is 54.2. The predicted molar refractivity (Wildman–Crippen MR) is 511 cm³/mol. The minimum absolute atomic E-state index is 0. The fraction of sp³-hybridized carbons (Fsp3) is 0.326. The smallest absolute Gasteiger partial charge is 1.00 e. The van der Waals surface area contributed by atoms with Gasteiger partial charge < -0.3 is 56.3 Å². The Morgan fingerprint density at radius 3 is 1.09 bits per heavy atom. The molecule has 0 aliphatic rings. The Balaban J connectivity index is -0.000000145. The van der Waals surface area contributed by atoms with Crippen molar-refractivity contribution in [2.24, 2.45) is 0 Å². The van der Waals surface area contributed by atoms with Gasteiger partial charge in [-0.1, -0.05) is 39.8 Å². The summed E-state index contributed by atoms with van der Waals surface area (Å²) >= 11 is 8.68. The molecule has 0 aliphatic carbocycles. The van der Waals surface area contributed by atoms with Gasteiger partial charge in [0.05, 0.1) is 68.2 Å². The molecule has 0 saturated heterocycles. The predicted octanol–water partition coefficient (Wildman–Crippen LogP) is -1.08. The Morgan fingerprint density at radius 2 is 0.794 bits per heavy atom. The molecule has 0 fully saturated rings. The van der Waals surface area contributed by atoms with Crippen LogP contribution in [0, 0.1) is 136 Å². The molecule has 8 aromatic rings. The summed E-state index contributed by atoms with van der Waals surface area (Å²) in [6.45, 7) is 26.4. The van der Waals surface area contributed by atoms with Gasteiger partial charge in [-0.05, 0) is 265 Å². The maximum Gasteiger partial charge on any atom is 1.00 e. The number of sulfone groups is 6. The van der Waals surface area contributed by atoms with Crippen LogP contribution < -0.4 is 302 Å². The molecule has 0 spiro atoms. The number of nitrogens with two attached hydrogens (primary N) is 1. The number of thioether (sulfide) groups is 1. The quantitative estimate of drug-likeness (QED) is 0.00932. The van der Waals surface area contributed by atoms with Gasteiger partial charge in [0.2, 0.25) is 0 Å². The summed E-state index contributed by atoms with van der Waals surface area (Å²) in [6.07, 6.45) is 24.5. The van der Waals surface area contributed by atoms with Gasteiger partial charge in [-0.2, -0.15) is 6.26 Å². The minimum Gasteiger partial charge on any atom is -1.00 e. The van der Waals surface area contributed by atoms with Gasteiger partial charge >= 0.3 is 282 Å². The Morgan fingerprint density at radius 1 is 0.485 bits per heavy atom. The molecule has 35 nitrogen and oxygen atoms in total. The van der Waals surface area contributed by atoms with E-state index in [1.165, 1.54) is 86.0 Å². The fourth-order valence-electron chi connectivity index (χ4n) is 9.12. The Hall–Kier alpha value is -3.17. The summed E-state index contributed by atoms with van der Waals surface area (Å²) in [6, 6.07) is 36.1. The van der Waals surface area contributed by atoms with E-state index >= 15 is 0 Å². The second-order valence-electron chi connectivity index (χ2n) is 28.8. The molecule has 0 atom stereocenters. The van der Waals surface area contributed by atoms with Crippen LogP contribution >= 0.6 is 27.7 Å². The average molecular weight is 2410 g/mol. The van der Waals surface area contributed by atoms with Crippen molar-refractivity contribution in [3.05, 3.63) is 232 Å². The van der Waals surface area contributed by atoms with E-state index < -0.39 is 98.1 Å². The van der Waals surface area contributed by atoms with Gasteiger partial charge in [0, 0.05) is 94.4 Å². The molecule has 8 rings (SSSR count). The van der Waals surface area contributed by atoms with Gasteiger partial charge in [-0.15, -0.1) is 31.0 Å². The van der Waals surface area contributed by atoms with E-state index in [9.17, 15) is 94.8 Å². The Labute approximate surface area is 1040 Å². The van der Waals surface area contributed by atoms with E-state index in [2.05, 4.69) is 66.7 Å². The number of aryl methyl sites for hydroxylation is 9. The third-order valence-corrected chi connectivity index (χ3v) is 23.2. The molecule has 50 heteroatoms. The van der Waals surface area contributed by atoms with Crippen LogP contribution in [0.15, 0.2) is 180 Å². The van der Waals surface area contributed by atoms with Crippen LogP contribution in [-0.2, 0) is 100 Å². The number of benzene rings is 8. The molecule has 0 saturated carbocycles. The number of nitro benzene ring substituents is 3. The number of halogens is 2. The summed E-state index contributed by atoms with van der Waals surface area (Å²) in [5.74, 6) is 6.77. The van der Waals surface area contributed by atoms with Crippen molar-refractivity contribution in [2.75, 3.05) is 89.7 Å². The number of anilines is 4. The molecule has 4 N–H and O–H groups in total. The Kier molecular flexibility index (Phi) is 82.7. The number of alkyl halides is 1. The van der Waals surface area contributed by atoms with Crippen molar-refractivity contribution < 1.29 is 392 Å². The number of nitro groups is 3. The number of carbonyl (C=O) groups excluding carboxylic acids is 4. The normalized spacial score (nSPS) is 10.1. The molecule has 8 aromatic carbocycles. The number of amides is 2. The number of terminal acetylenes is 3. The molecule has 0 heterocycles. The molecule has 724 valence electrons. The van der Waals surface area contributed by atoms with Crippen LogP contribution in [0.2, 0.25) is 0 Å². The monoisotopic (exact) mass is 2410 g/mol. The maximum absolute atomic E-state index is 12.4. The van der Waals surface area contributed by atoms with Gasteiger partial charge in [-0.25, -0.2) is 64.5 Å². The Bertz CT molecular complexity index is 6040. The SMILES string of the molecule is C#CCBr.C#CCN(C(=O)OC(C)(C)C)c1ccc(S(C)(=O)=O)cc1C.C#CCNc1ccc(S(C)(=O)=O)cc1C.CSc1ccc([N+](=O)[O-])c(C)c1.C[S-].Cc1cc(F)ccc1[N+](=O)[O-].Cc1cc(S(C)(=O)=O)ccc1N.Cc1cc(S(C)(=O)=O)ccc1NC(=O)OC(C)(C)C.Cc1cc(S(C)(=O)=O)ccc1[N+](=O)[O-].Cc1ccc(S(C)(=O)=O)cc1C.O=CO[O-].O=CO[O-].[Cs+].[Cs+].[H-].[H-].[K+].[K+].[Na+]. The molecular weight excluding hydrogens is 2300 g/mol. The first kappa shape index (κ1) is 151. The zero-order valence-electron chi connectivity index (χ0n) is 83.2. The first-order valence-corrected chi connectivity index (χ1v) is 51.4. The van der Waals surface area contributed by atoms with E-state index in [1.807, 2.05) is 39.2 Å². The van der Waals surface area contributed by atoms with Gasteiger partial charge in [0.1, 0.15) is 17.0 Å². The van der Waals surface area contributed by atoms with Gasteiger partial charge in [0.25, 0.3) is 30.0 Å². The van der Waals surface area contributed by atoms with Crippen molar-refractivity contribution in [3.8, 4) is 37.0 Å². The topological polar surface area (TPSA) is 539 Å². The number of nitrogens with zero attached hydrogens (tertiary/aromatic N) is 4. The molecule has 0 unspecified atom stereocenters. The zero-order chi connectivity index (χ0) is 103. The van der Waals surface area contributed by atoms with Crippen LogP contribution in [0.3, 0.4) is 0 Å². The van der Waals surface area contributed by atoms with Crippen molar-refractivity contribution in [1.29, 1.82) is 0 Å². The van der Waals surface area contributed by atoms with E-state index in [1.54, 1.807) is 154 Å². The number of ether oxygens (including phenoxy) is 2. The van der Waals surface area contributed by atoms with Crippen molar-refractivity contribution in [2.45, 2.75) is 149 Å². The summed E-state index contributed by atoms with van der Waals surface area (Å²) < 4.78 is 158. The first-order chi connectivity index (χ1) is 60.0. The second-order valence-corrected chi connectivity index (χ2v) is 42.3. The van der Waals surface area contributed by atoms with Crippen LogP contribution in [0.4, 0.5) is 53.8 Å². The van der Waals surface area contributed by atoms with Crippen molar-refractivity contribution in [1.82, 2.24) is 0 Å². The largest absolute Gasteiger partial charge is 1.00 e. The summed E-state index contributed by atoms with van der Waals surface area (Å²) in [5.41, 5.74) is 13.4. The minimum atomic E-state index is -3.30. The van der Waals surface area contributed by atoms with E-state index in [0.717, 1.165) is 69.8 Å². The number of hydrogen-bond acceptors (Lipinski definition) is 32. The molecular formula is C86H110BrCs2FK2N7NaO28S8. The van der Waals surface area contributed by atoms with Crippen molar-refractivity contribution >= 4 is 164 Å². The standard InChI is InChI=1S/C16H21NO4S.C13H19NO4S.C11H13NO2S.C9H12O2S.C8H9NO4S.C8H11NO2S.C8H9NO2S.C7H6FNO2.C3H3Br.2CH2O3.CH4S.2Cs.2K.Na.2H/c1-7-10-17(15(18)21-16(3,4)5)14-9-8-13(11-12(14)2)22(6,19)20;1-9-8-10(19(5,16)17)6-7-11(9)14-12(15)18-13(2,3)4;1-4-7-12-11-6-5-10(8-9(11)2)15(3,13)14;1-7-4-5-9(6-8(7)2)12(3,10)11;1-6-5-7(14(2,12)13)3-4-8(6)9(10)11;1-6-5-7(12(2,10)11)3-4-8(6)9;1-6-5-7(12-2)3-4-8(6)9(10)11;1-5-4-6(8)2-3-7(5)9(10)11;1-2-3-4;2*2-1-4-3;1-2;;;;;;;/h1,8-9,11H,10H2,2-6H3;6-8H,1-5H3,(H,14,15);1,5-6,8,12H,7H2,2-3H3;4-6H,1-3H3;3-5H,1-2H3;3-5H,9H2,1-2H3;3-5H,1-2H3;2-4H,1H3;1H,3H2;2*1,3H;2H,1H3;;;;;;;/q;;;;;;;;;;;;5*+1;2*-1/p-3. The number of rotatable bonds is 17. The van der Waals surface area contributed by atoms with Gasteiger partial charge in [0.15, 0.2) is 59.0 Å². The van der Waals surface area contributed by atoms with E-state index in [4.69, 9.17) is 54.6 Å². The first-order valence-electron chi connectivity index (χ1n) is 36.9. The molecule has 0 bridgehead atoms. The number of nitrogens with one attached hydrogen (secondary N) is 2. The van der Waals surface area contributed by atoms with E-state index in [-0.39, 0.29) is 329 Å². The number of hydrogen-bond donors (Lipinski definition) is 3. The fourth-order valence-corrected chi connectivity index (χ4v) is 13.9. The van der Waals surface area contributed by atoms with Crippen LogP contribution in [0.5, 0.6) is 0 Å². The summed E-state index contributed by atoms with van der Waals surface area (Å²) in [7, 11) is -19.1. The molecule has 0 aliphatic heterocycles. The molecule has 0 aromatic heterocycles. The summed E-state index contributed by atoms with van der Waals surface area (Å²) in [4.78, 5) is 79.9. The van der Waals surface area contributed by atoms with Crippen molar-refractivity contribution in [3.63, 3.8) is 0 Å². The zero-order valence-corrected chi connectivity index (χ0v) is 110. The van der Waals surface area contributed by atoms with Crippen LogP contribution in [-0.4, -0.2) is 170 Å². The molecule has 2 amide bonds. The third-order valence-electron chi connectivity index (χ3n) is 15.5. The average Bonchev–Trinajstić information content (AvgIpc) is 0.807. The number of carbonyl (C=O) groups is 4. The van der Waals surface area contributed by atoms with Gasteiger partial charge in [-0.3, -0.25) is 50.1 Å².